The van der Waals surface area contributed by atoms with Crippen molar-refractivity contribution in [2.24, 2.45) is 10.2 Å². The fourth-order valence-electron chi connectivity index (χ4n) is 3.20. The maximum atomic E-state index is 12.0. The number of nitrogens with zero attached hydrogens (tertiary/aromatic N) is 4. The fraction of sp³-hybridized carbons (Fsp3) is 0.522. The highest BCUT2D eigenvalue weighted by Crippen LogP contribution is 2.33. The van der Waals surface area contributed by atoms with Crippen LogP contribution in [0.25, 0.3) is 0 Å². The Morgan fingerprint density at radius 2 is 1.72 bits per heavy atom. The van der Waals surface area contributed by atoms with Crippen molar-refractivity contribution in [3.8, 4) is 5.75 Å². The van der Waals surface area contributed by atoms with Gasteiger partial charge in [-0.1, -0.05) is 39.0 Å². The van der Waals surface area contributed by atoms with Crippen molar-refractivity contribution in [3.05, 3.63) is 46.2 Å². The van der Waals surface area contributed by atoms with Gasteiger partial charge in [-0.15, -0.1) is 0 Å². The molecule has 0 aliphatic carbocycles. The van der Waals surface area contributed by atoms with Crippen molar-refractivity contribution < 1.29 is 19.7 Å². The number of pyridine rings is 1. The molecule has 1 heterocycles. The largest absolute Gasteiger partial charge is 0.710 e. The summed E-state index contributed by atoms with van der Waals surface area (Å²) in [5.41, 5.74) is 1.32. The maximum absolute atomic E-state index is 12.0. The van der Waals surface area contributed by atoms with Crippen LogP contribution in [0.5, 0.6) is 5.75 Å². The Morgan fingerprint density at radius 1 is 1.00 bits per heavy atom. The van der Waals surface area contributed by atoms with Gasteiger partial charge in [-0.3, -0.25) is 0 Å². The lowest BCUT2D eigenvalue weighted by Gasteiger charge is -2.23. The molecule has 2 rings (SSSR count). The van der Waals surface area contributed by atoms with Crippen LogP contribution in [0.2, 0.25) is 0 Å². The van der Waals surface area contributed by atoms with E-state index < -0.39 is 0 Å². The summed E-state index contributed by atoms with van der Waals surface area (Å²) < 4.78 is 7.33. The first-order valence-electron chi connectivity index (χ1n) is 11.1. The summed E-state index contributed by atoms with van der Waals surface area (Å²) in [6.07, 6.45) is 8.33. The van der Waals surface area contributed by atoms with E-state index in [2.05, 4.69) is 33.1 Å². The van der Waals surface area contributed by atoms with Gasteiger partial charge in [-0.25, -0.2) is 4.73 Å². The van der Waals surface area contributed by atoms with Gasteiger partial charge >= 0.3 is 5.82 Å². The molecule has 0 aliphatic rings. The SMILES string of the molecule is CCCCCCCCOc1cc(N(CCO)CCO)ccc1N=Nc1ccc(Br)c[n+]1[O-]. The van der Waals surface area contributed by atoms with Crippen LogP contribution < -0.4 is 14.4 Å². The first kappa shape index (κ1) is 26.0. The zero-order valence-corrected chi connectivity index (χ0v) is 20.2. The quantitative estimate of drug-likeness (QED) is 0.152. The van der Waals surface area contributed by atoms with Crippen molar-refractivity contribution in [2.75, 3.05) is 37.8 Å². The lowest BCUT2D eigenvalue weighted by atomic mass is 10.1. The van der Waals surface area contributed by atoms with Crippen LogP contribution in [0.1, 0.15) is 45.4 Å². The molecule has 0 radical (unpaired) electrons. The van der Waals surface area contributed by atoms with E-state index in [-0.39, 0.29) is 19.0 Å². The van der Waals surface area contributed by atoms with E-state index in [4.69, 9.17) is 4.74 Å². The van der Waals surface area contributed by atoms with E-state index >= 15 is 0 Å². The van der Waals surface area contributed by atoms with E-state index in [1.165, 1.54) is 31.9 Å². The summed E-state index contributed by atoms with van der Waals surface area (Å²) in [5.74, 6) is 0.719. The molecule has 0 bridgehead atoms. The molecule has 176 valence electrons. The Hall–Kier alpha value is -2.23. The minimum Gasteiger partial charge on any atom is -0.710 e. The monoisotopic (exact) mass is 508 g/mol. The van der Waals surface area contributed by atoms with Crippen LogP contribution in [0, 0.1) is 5.21 Å². The lowest BCUT2D eigenvalue weighted by Crippen LogP contribution is -2.29. The molecule has 32 heavy (non-hydrogen) atoms. The second kappa shape index (κ2) is 14.8. The highest BCUT2D eigenvalue weighted by atomic mass is 79.9. The molecule has 2 aromatic rings. The number of azo groups is 1. The topological polar surface area (TPSA) is 105 Å². The van der Waals surface area contributed by atoms with Crippen molar-refractivity contribution >= 4 is 33.1 Å². The average Bonchev–Trinajstić information content (AvgIpc) is 2.78. The van der Waals surface area contributed by atoms with Crippen LogP contribution in [0.4, 0.5) is 17.2 Å². The summed E-state index contributed by atoms with van der Waals surface area (Å²) in [4.78, 5) is 1.87. The molecule has 9 heteroatoms. The number of benzene rings is 1. The van der Waals surface area contributed by atoms with Crippen molar-refractivity contribution in [3.63, 3.8) is 0 Å². The number of rotatable bonds is 15. The van der Waals surface area contributed by atoms with Crippen LogP contribution >= 0.6 is 15.9 Å². The second-order valence-electron chi connectivity index (χ2n) is 7.43. The molecular formula is C23H33BrN4O4. The van der Waals surface area contributed by atoms with Crippen LogP contribution in [0.3, 0.4) is 0 Å². The minimum absolute atomic E-state index is 0.0253. The molecule has 8 nitrogen and oxygen atoms in total. The zero-order valence-electron chi connectivity index (χ0n) is 18.6. The molecule has 0 unspecified atom stereocenters. The fourth-order valence-corrected chi connectivity index (χ4v) is 3.52. The van der Waals surface area contributed by atoms with Gasteiger partial charge in [0, 0.05) is 30.9 Å². The number of hydrogen-bond donors (Lipinski definition) is 2. The van der Waals surface area contributed by atoms with Crippen molar-refractivity contribution in [1.82, 2.24) is 0 Å². The third-order valence-corrected chi connectivity index (χ3v) is 5.39. The predicted octanol–water partition coefficient (Wildman–Crippen LogP) is 5.03. The Bertz CT molecular complexity index is 845. The molecule has 0 fully saturated rings. The van der Waals surface area contributed by atoms with Crippen molar-refractivity contribution in [1.29, 1.82) is 0 Å². The van der Waals surface area contributed by atoms with Crippen LogP contribution in [-0.4, -0.2) is 43.1 Å². The zero-order chi connectivity index (χ0) is 23.2. The van der Waals surface area contributed by atoms with Crippen molar-refractivity contribution in [2.45, 2.75) is 45.4 Å². The molecule has 1 aromatic heterocycles. The summed E-state index contributed by atoms with van der Waals surface area (Å²) in [6.45, 7) is 3.50. The molecule has 2 N–H and O–H groups in total. The van der Waals surface area contributed by atoms with E-state index in [0.29, 0.717) is 40.3 Å². The van der Waals surface area contributed by atoms with Gasteiger partial charge in [0.15, 0.2) is 11.4 Å². The lowest BCUT2D eigenvalue weighted by molar-refractivity contribution is -0.592. The van der Waals surface area contributed by atoms with Gasteiger partial charge < -0.3 is 25.1 Å². The van der Waals surface area contributed by atoms with Gasteiger partial charge in [0.05, 0.1) is 29.4 Å². The first-order valence-corrected chi connectivity index (χ1v) is 11.9. The summed E-state index contributed by atoms with van der Waals surface area (Å²) in [7, 11) is 0. The number of aliphatic hydroxyl groups is 2. The molecule has 0 saturated carbocycles. The number of hydrogen-bond acceptors (Lipinski definition) is 7. The molecular weight excluding hydrogens is 476 g/mol. The van der Waals surface area contributed by atoms with E-state index in [1.807, 2.05) is 17.0 Å². The number of ether oxygens (including phenoxy) is 1. The maximum Gasteiger partial charge on any atom is 0.353 e. The van der Waals surface area contributed by atoms with Crippen LogP contribution in [0.15, 0.2) is 51.2 Å². The van der Waals surface area contributed by atoms with E-state index in [9.17, 15) is 15.4 Å². The Labute approximate surface area is 198 Å². The number of anilines is 1. The number of halogens is 1. The molecule has 0 amide bonds. The summed E-state index contributed by atoms with van der Waals surface area (Å²) in [6, 6.07) is 8.75. The molecule has 1 aromatic carbocycles. The third-order valence-electron chi connectivity index (χ3n) is 4.92. The van der Waals surface area contributed by atoms with Gasteiger partial charge in [0.25, 0.3) is 0 Å². The highest BCUT2D eigenvalue weighted by molar-refractivity contribution is 9.10. The second-order valence-corrected chi connectivity index (χ2v) is 8.35. The van der Waals surface area contributed by atoms with Gasteiger partial charge in [-0.05, 0) is 45.7 Å². The Kier molecular flexibility index (Phi) is 12.0. The summed E-state index contributed by atoms with van der Waals surface area (Å²) in [5, 5.41) is 39.0. The molecule has 0 aliphatic heterocycles. The molecule has 0 spiro atoms. The number of aliphatic hydroxyl groups excluding tert-OH is 2. The standard InChI is InChI=1S/C23H33BrN4O4/c1-2-3-4-5-6-7-16-32-22-17-20(27(12-14-29)13-15-30)9-10-21(22)25-26-23-11-8-19(24)18-28(23)31/h8-11,17-18,29-30H,2-7,12-16H2,1H3. The average molecular weight is 509 g/mol. The van der Waals surface area contributed by atoms with E-state index in [1.54, 1.807) is 18.2 Å². The Balaban J connectivity index is 2.17. The normalized spacial score (nSPS) is 11.2. The number of unbranched alkanes of at least 4 members (excludes halogenated alkanes) is 5. The third kappa shape index (κ3) is 8.72. The van der Waals surface area contributed by atoms with Gasteiger partial charge in [0.1, 0.15) is 6.20 Å². The number of aromatic nitrogens is 1. The summed E-state index contributed by atoms with van der Waals surface area (Å²) >= 11 is 3.25. The Morgan fingerprint density at radius 3 is 2.41 bits per heavy atom. The smallest absolute Gasteiger partial charge is 0.353 e. The highest BCUT2D eigenvalue weighted by Gasteiger charge is 2.13. The molecule has 0 saturated heterocycles. The predicted molar refractivity (Wildman–Crippen MR) is 129 cm³/mol. The first-order chi connectivity index (χ1) is 15.6. The molecule has 0 atom stereocenters. The van der Waals surface area contributed by atoms with Crippen LogP contribution in [-0.2, 0) is 0 Å². The minimum atomic E-state index is -0.0253. The van der Waals surface area contributed by atoms with E-state index in [0.717, 1.165) is 18.5 Å². The van der Waals surface area contributed by atoms with Gasteiger partial charge in [0.2, 0.25) is 0 Å². The van der Waals surface area contributed by atoms with Gasteiger partial charge in [-0.2, -0.15) is 0 Å².